The van der Waals surface area contributed by atoms with Crippen molar-refractivity contribution in [2.45, 2.75) is 13.0 Å². The van der Waals surface area contributed by atoms with Crippen molar-refractivity contribution in [1.29, 1.82) is 0 Å². The van der Waals surface area contributed by atoms with E-state index in [1.165, 1.54) is 13.2 Å². The molecule has 35 heavy (non-hydrogen) atoms. The normalized spacial score (nSPS) is 17.1. The van der Waals surface area contributed by atoms with E-state index < -0.39 is 40.9 Å². The van der Waals surface area contributed by atoms with E-state index in [9.17, 15) is 27.9 Å². The van der Waals surface area contributed by atoms with Gasteiger partial charge in [0.2, 0.25) is 0 Å². The van der Waals surface area contributed by atoms with E-state index >= 15 is 0 Å². The summed E-state index contributed by atoms with van der Waals surface area (Å²) in [6.07, 6.45) is 0. The fraction of sp³-hybridized carbons (Fsp3) is 0.154. The van der Waals surface area contributed by atoms with Crippen LogP contribution in [-0.2, 0) is 9.59 Å². The van der Waals surface area contributed by atoms with Crippen LogP contribution >= 0.6 is 0 Å². The van der Waals surface area contributed by atoms with Gasteiger partial charge in [0.25, 0.3) is 11.7 Å². The zero-order chi connectivity index (χ0) is 25.3. The number of aliphatic hydroxyl groups is 1. The first-order chi connectivity index (χ1) is 16.8. The Morgan fingerprint density at radius 2 is 1.77 bits per heavy atom. The van der Waals surface area contributed by atoms with Gasteiger partial charge in [0.05, 0.1) is 30.9 Å². The van der Waals surface area contributed by atoms with Crippen molar-refractivity contribution in [3.05, 3.63) is 94.8 Å². The maximum Gasteiger partial charge on any atom is 0.300 e. The molecule has 0 saturated carbocycles. The van der Waals surface area contributed by atoms with Crippen molar-refractivity contribution in [2.75, 3.05) is 18.6 Å². The maximum atomic E-state index is 14.1. The summed E-state index contributed by atoms with van der Waals surface area (Å²) >= 11 is 0. The smallest absolute Gasteiger partial charge is 0.300 e. The molecule has 1 aliphatic rings. The van der Waals surface area contributed by atoms with Crippen LogP contribution < -0.4 is 14.4 Å². The van der Waals surface area contributed by atoms with Crippen LogP contribution in [-0.4, -0.2) is 30.5 Å². The van der Waals surface area contributed by atoms with Gasteiger partial charge in [-0.05, 0) is 55.0 Å². The lowest BCUT2D eigenvalue weighted by atomic mass is 9.94. The van der Waals surface area contributed by atoms with Gasteiger partial charge in [-0.15, -0.1) is 0 Å². The molecule has 1 amide bonds. The highest BCUT2D eigenvalue weighted by molar-refractivity contribution is 6.51. The Kier molecular flexibility index (Phi) is 6.50. The molecule has 0 bridgehead atoms. The number of hydrogen-bond donors (Lipinski definition) is 1. The zero-order valence-electron chi connectivity index (χ0n) is 18.7. The number of halogens is 3. The summed E-state index contributed by atoms with van der Waals surface area (Å²) in [6, 6.07) is 11.3. The number of aliphatic hydroxyl groups excluding tert-OH is 1. The summed E-state index contributed by atoms with van der Waals surface area (Å²) in [7, 11) is 1.30. The maximum absolute atomic E-state index is 14.1. The highest BCUT2D eigenvalue weighted by Crippen LogP contribution is 2.44. The first-order valence-corrected chi connectivity index (χ1v) is 10.6. The molecule has 1 atom stereocenters. The van der Waals surface area contributed by atoms with Crippen molar-refractivity contribution in [3.63, 3.8) is 0 Å². The molecule has 6 nitrogen and oxygen atoms in total. The number of amides is 1. The fourth-order valence-electron chi connectivity index (χ4n) is 4.00. The average molecular weight is 483 g/mol. The Bertz CT molecular complexity index is 1350. The summed E-state index contributed by atoms with van der Waals surface area (Å²) in [5.41, 5.74) is -0.293. The minimum absolute atomic E-state index is 0.0599. The van der Waals surface area contributed by atoms with E-state index in [4.69, 9.17) is 9.47 Å². The van der Waals surface area contributed by atoms with E-state index in [0.29, 0.717) is 17.9 Å². The highest BCUT2D eigenvalue weighted by atomic mass is 19.2. The van der Waals surface area contributed by atoms with Gasteiger partial charge in [-0.25, -0.2) is 13.2 Å². The van der Waals surface area contributed by atoms with Crippen LogP contribution in [0.5, 0.6) is 11.5 Å². The number of carbonyl (C=O) groups excluding carboxylic acids is 2. The van der Waals surface area contributed by atoms with E-state index in [1.807, 2.05) is 0 Å². The van der Waals surface area contributed by atoms with Gasteiger partial charge >= 0.3 is 0 Å². The predicted molar refractivity (Wildman–Crippen MR) is 122 cm³/mol. The molecule has 0 aromatic heterocycles. The van der Waals surface area contributed by atoms with Crippen LogP contribution in [0.4, 0.5) is 18.9 Å². The Labute approximate surface area is 198 Å². The number of methoxy groups -OCH3 is 1. The number of Topliss-reactive ketones (excluding diaryl/α,β-unsaturated/α-hetero) is 1. The lowest BCUT2D eigenvalue weighted by molar-refractivity contribution is -0.132. The van der Waals surface area contributed by atoms with Crippen molar-refractivity contribution >= 4 is 23.1 Å². The second-order valence-electron chi connectivity index (χ2n) is 7.62. The topological polar surface area (TPSA) is 76.1 Å². The first-order valence-electron chi connectivity index (χ1n) is 10.6. The minimum atomic E-state index is -1.26. The SMILES string of the molecule is CCOc1cccc(C2/C(=C(\O)c3cc(F)ccc3OC)C(=O)C(=O)N2c2ccc(F)c(F)c2)c1. The van der Waals surface area contributed by atoms with Gasteiger partial charge in [0.15, 0.2) is 11.6 Å². The molecular formula is C26H20F3NO5. The molecule has 4 rings (SSSR count). The number of ketones is 1. The van der Waals surface area contributed by atoms with E-state index in [-0.39, 0.29) is 22.6 Å². The lowest BCUT2D eigenvalue weighted by Crippen LogP contribution is -2.29. The zero-order valence-corrected chi connectivity index (χ0v) is 18.7. The second kappa shape index (κ2) is 9.54. The van der Waals surface area contributed by atoms with Crippen LogP contribution in [0.25, 0.3) is 5.76 Å². The molecule has 180 valence electrons. The predicted octanol–water partition coefficient (Wildman–Crippen LogP) is 5.14. The van der Waals surface area contributed by atoms with Crippen LogP contribution in [0.1, 0.15) is 24.1 Å². The molecule has 1 heterocycles. The molecule has 1 saturated heterocycles. The van der Waals surface area contributed by atoms with Crippen LogP contribution in [0.2, 0.25) is 0 Å². The third kappa shape index (κ3) is 4.32. The Balaban J connectivity index is 1.99. The van der Waals surface area contributed by atoms with Gasteiger partial charge in [-0.3, -0.25) is 14.5 Å². The van der Waals surface area contributed by atoms with Gasteiger partial charge < -0.3 is 14.6 Å². The quantitative estimate of drug-likeness (QED) is 0.299. The van der Waals surface area contributed by atoms with E-state index in [2.05, 4.69) is 0 Å². The molecule has 1 fully saturated rings. The van der Waals surface area contributed by atoms with Gasteiger partial charge in [0, 0.05) is 11.8 Å². The Morgan fingerprint density at radius 1 is 1.00 bits per heavy atom. The number of hydrogen-bond acceptors (Lipinski definition) is 5. The number of benzene rings is 3. The third-order valence-electron chi connectivity index (χ3n) is 5.53. The van der Waals surface area contributed by atoms with E-state index in [0.717, 1.165) is 35.2 Å². The van der Waals surface area contributed by atoms with Gasteiger partial charge in [0.1, 0.15) is 23.1 Å². The Hall–Kier alpha value is -4.27. The summed E-state index contributed by atoms with van der Waals surface area (Å²) < 4.78 is 52.4. The molecule has 1 aliphatic heterocycles. The van der Waals surface area contributed by atoms with Crippen molar-refractivity contribution in [2.24, 2.45) is 0 Å². The monoisotopic (exact) mass is 483 g/mol. The van der Waals surface area contributed by atoms with Crippen LogP contribution in [0.3, 0.4) is 0 Å². The standard InChI is InChI=1S/C26H20F3NO5/c1-3-35-17-6-4-5-14(11-17)23-22(24(31)18-12-15(27)7-10-21(18)34-2)25(32)26(33)30(23)16-8-9-19(28)20(29)13-16/h4-13,23,31H,3H2,1-2H3/b24-22+. The van der Waals surface area contributed by atoms with Crippen LogP contribution in [0, 0.1) is 17.5 Å². The Morgan fingerprint density at radius 3 is 2.46 bits per heavy atom. The number of rotatable bonds is 6. The molecule has 3 aromatic rings. The largest absolute Gasteiger partial charge is 0.507 e. The lowest BCUT2D eigenvalue weighted by Gasteiger charge is -2.26. The van der Waals surface area contributed by atoms with Gasteiger partial charge in [-0.2, -0.15) is 0 Å². The van der Waals surface area contributed by atoms with E-state index in [1.54, 1.807) is 31.2 Å². The summed E-state index contributed by atoms with van der Waals surface area (Å²) in [5, 5.41) is 11.2. The van der Waals surface area contributed by atoms with Crippen LogP contribution in [0.15, 0.2) is 66.2 Å². The molecule has 0 spiro atoms. The number of nitrogens with zero attached hydrogens (tertiary/aromatic N) is 1. The summed E-state index contributed by atoms with van der Waals surface area (Å²) in [6.45, 7) is 2.11. The molecule has 3 aromatic carbocycles. The number of anilines is 1. The summed E-state index contributed by atoms with van der Waals surface area (Å²) in [5.74, 6) is -5.45. The van der Waals surface area contributed by atoms with Crippen molar-refractivity contribution in [1.82, 2.24) is 0 Å². The molecule has 1 N–H and O–H groups in total. The number of carbonyl (C=O) groups is 2. The molecule has 0 radical (unpaired) electrons. The van der Waals surface area contributed by atoms with Crippen molar-refractivity contribution in [3.8, 4) is 11.5 Å². The molecule has 0 aliphatic carbocycles. The summed E-state index contributed by atoms with van der Waals surface area (Å²) in [4.78, 5) is 27.3. The average Bonchev–Trinajstić information content (AvgIpc) is 3.11. The molecule has 1 unspecified atom stereocenters. The molecular weight excluding hydrogens is 463 g/mol. The molecule has 9 heteroatoms. The fourth-order valence-corrected chi connectivity index (χ4v) is 4.00. The first kappa shape index (κ1) is 23.9. The van der Waals surface area contributed by atoms with Crippen molar-refractivity contribution < 1.29 is 37.3 Å². The minimum Gasteiger partial charge on any atom is -0.507 e. The van der Waals surface area contributed by atoms with Gasteiger partial charge in [-0.1, -0.05) is 12.1 Å². The second-order valence-corrected chi connectivity index (χ2v) is 7.62. The third-order valence-corrected chi connectivity index (χ3v) is 5.53. The highest BCUT2D eigenvalue weighted by Gasteiger charge is 2.47. The number of ether oxygens (including phenoxy) is 2.